The molecule has 0 aromatic heterocycles. The second kappa shape index (κ2) is 8.51. The quantitative estimate of drug-likeness (QED) is 0.813. The fraction of sp³-hybridized carbons (Fsp3) is 0.235. The number of hydrogen-bond acceptors (Lipinski definition) is 2. The standard InChI is InChI=1S/C17H19NO.ClH/c1-18(13-16-10-6-3-7-11-16)14-17(19)12-15-8-4-2-5-9-15;/h2-11H,12-14H2,1H3;1H. The topological polar surface area (TPSA) is 20.3 Å². The maximum atomic E-state index is 12.0. The van der Waals surface area contributed by atoms with Gasteiger partial charge < -0.3 is 0 Å². The number of likely N-dealkylation sites (N-methyl/N-ethyl adjacent to an activating group) is 1. The molecule has 0 amide bonds. The van der Waals surface area contributed by atoms with Gasteiger partial charge in [0.15, 0.2) is 5.78 Å². The third-order valence-corrected chi connectivity index (χ3v) is 2.99. The molecule has 2 nitrogen and oxygen atoms in total. The Hall–Kier alpha value is -1.64. The summed E-state index contributed by atoms with van der Waals surface area (Å²) in [6.45, 7) is 1.30. The van der Waals surface area contributed by atoms with Crippen LogP contribution in [0.4, 0.5) is 0 Å². The number of Topliss-reactive ketones (excluding diaryl/α,β-unsaturated/α-hetero) is 1. The van der Waals surface area contributed by atoms with Crippen LogP contribution in [0.5, 0.6) is 0 Å². The van der Waals surface area contributed by atoms with E-state index in [0.717, 1.165) is 12.1 Å². The van der Waals surface area contributed by atoms with Gasteiger partial charge in [0.05, 0.1) is 6.54 Å². The molecule has 20 heavy (non-hydrogen) atoms. The minimum absolute atomic E-state index is 0. The Morgan fingerprint density at radius 2 is 1.40 bits per heavy atom. The Kier molecular flexibility index (Phi) is 6.99. The van der Waals surface area contributed by atoms with Crippen LogP contribution in [0.25, 0.3) is 0 Å². The number of carbonyl (C=O) groups excluding carboxylic acids is 1. The van der Waals surface area contributed by atoms with E-state index in [1.54, 1.807) is 0 Å². The fourth-order valence-electron chi connectivity index (χ4n) is 2.13. The van der Waals surface area contributed by atoms with Gasteiger partial charge in [0.25, 0.3) is 0 Å². The summed E-state index contributed by atoms with van der Waals surface area (Å²) in [7, 11) is 1.98. The van der Waals surface area contributed by atoms with Crippen LogP contribution in [0.3, 0.4) is 0 Å². The molecule has 0 unspecified atom stereocenters. The summed E-state index contributed by atoms with van der Waals surface area (Å²) in [6, 6.07) is 20.1. The number of nitrogens with zero attached hydrogens (tertiary/aromatic N) is 1. The minimum Gasteiger partial charge on any atom is -0.298 e. The predicted molar refractivity (Wildman–Crippen MR) is 85.2 cm³/mol. The fourth-order valence-corrected chi connectivity index (χ4v) is 2.13. The van der Waals surface area contributed by atoms with Gasteiger partial charge >= 0.3 is 0 Å². The number of carbonyl (C=O) groups is 1. The molecule has 2 rings (SSSR count). The molecule has 2 aromatic rings. The van der Waals surface area contributed by atoms with Gasteiger partial charge in [0, 0.05) is 13.0 Å². The highest BCUT2D eigenvalue weighted by molar-refractivity contribution is 5.85. The summed E-state index contributed by atoms with van der Waals surface area (Å²) in [5, 5.41) is 0. The average Bonchev–Trinajstić information content (AvgIpc) is 2.40. The summed E-state index contributed by atoms with van der Waals surface area (Å²) >= 11 is 0. The molecular weight excluding hydrogens is 270 g/mol. The summed E-state index contributed by atoms with van der Waals surface area (Å²) in [4.78, 5) is 14.0. The van der Waals surface area contributed by atoms with Crippen molar-refractivity contribution in [2.24, 2.45) is 0 Å². The molecule has 0 fully saturated rings. The molecule has 3 heteroatoms. The van der Waals surface area contributed by atoms with Crippen LogP contribution in [0, 0.1) is 0 Å². The van der Waals surface area contributed by atoms with Crippen LogP contribution < -0.4 is 0 Å². The highest BCUT2D eigenvalue weighted by Crippen LogP contribution is 2.04. The first-order chi connectivity index (χ1) is 9.24. The Balaban J connectivity index is 0.00000200. The second-order valence-electron chi connectivity index (χ2n) is 4.86. The normalized spacial score (nSPS) is 10.1. The molecule has 106 valence electrons. The molecular formula is C17H20ClNO. The van der Waals surface area contributed by atoms with Crippen molar-refractivity contribution in [1.29, 1.82) is 0 Å². The van der Waals surface area contributed by atoms with Gasteiger partial charge in [-0.3, -0.25) is 9.69 Å². The molecule has 0 N–H and O–H groups in total. The number of rotatable bonds is 6. The maximum Gasteiger partial charge on any atom is 0.151 e. The summed E-state index contributed by atoms with van der Waals surface area (Å²) in [5.74, 6) is 0.254. The first-order valence-corrected chi connectivity index (χ1v) is 6.52. The van der Waals surface area contributed by atoms with E-state index in [9.17, 15) is 4.79 Å². The van der Waals surface area contributed by atoms with Gasteiger partial charge in [-0.25, -0.2) is 0 Å². The van der Waals surface area contributed by atoms with E-state index in [1.165, 1.54) is 5.56 Å². The SMILES string of the molecule is CN(CC(=O)Cc1ccccc1)Cc1ccccc1.Cl. The lowest BCUT2D eigenvalue weighted by molar-refractivity contribution is -0.119. The number of ketones is 1. The molecule has 0 heterocycles. The minimum atomic E-state index is 0. The number of benzene rings is 2. The van der Waals surface area contributed by atoms with E-state index in [-0.39, 0.29) is 18.2 Å². The second-order valence-corrected chi connectivity index (χ2v) is 4.86. The highest BCUT2D eigenvalue weighted by atomic mass is 35.5. The van der Waals surface area contributed by atoms with E-state index in [0.29, 0.717) is 13.0 Å². The van der Waals surface area contributed by atoms with Crippen molar-refractivity contribution >= 4 is 18.2 Å². The van der Waals surface area contributed by atoms with Crippen molar-refractivity contribution in [3.8, 4) is 0 Å². The van der Waals surface area contributed by atoms with Crippen molar-refractivity contribution in [2.45, 2.75) is 13.0 Å². The van der Waals surface area contributed by atoms with Crippen LogP contribution in [-0.2, 0) is 17.8 Å². The third-order valence-electron chi connectivity index (χ3n) is 2.99. The number of halogens is 1. The van der Waals surface area contributed by atoms with Crippen molar-refractivity contribution in [1.82, 2.24) is 4.90 Å². The van der Waals surface area contributed by atoms with Crippen LogP contribution in [0.2, 0.25) is 0 Å². The van der Waals surface area contributed by atoms with Crippen molar-refractivity contribution < 1.29 is 4.79 Å². The molecule has 0 aliphatic rings. The molecule has 0 bridgehead atoms. The Morgan fingerprint density at radius 1 is 0.900 bits per heavy atom. The highest BCUT2D eigenvalue weighted by Gasteiger charge is 2.07. The predicted octanol–water partition coefficient (Wildman–Crippen LogP) is 3.35. The molecule has 0 saturated heterocycles. The first kappa shape index (κ1) is 16.4. The van der Waals surface area contributed by atoms with Gasteiger partial charge in [0.2, 0.25) is 0 Å². The van der Waals surface area contributed by atoms with Gasteiger partial charge in [-0.05, 0) is 18.2 Å². The zero-order valence-corrected chi connectivity index (χ0v) is 12.5. The summed E-state index contributed by atoms with van der Waals surface area (Å²) in [6.07, 6.45) is 0.514. The van der Waals surface area contributed by atoms with Gasteiger partial charge in [-0.2, -0.15) is 0 Å². The lowest BCUT2D eigenvalue weighted by atomic mass is 10.1. The van der Waals surface area contributed by atoms with Gasteiger partial charge in [-0.15, -0.1) is 12.4 Å². The summed E-state index contributed by atoms with van der Waals surface area (Å²) in [5.41, 5.74) is 2.32. The van der Waals surface area contributed by atoms with Crippen LogP contribution in [-0.4, -0.2) is 24.3 Å². The summed E-state index contributed by atoms with van der Waals surface area (Å²) < 4.78 is 0. The number of hydrogen-bond donors (Lipinski definition) is 0. The molecule has 0 atom stereocenters. The Labute approximate surface area is 126 Å². The van der Waals surface area contributed by atoms with E-state index in [1.807, 2.05) is 55.6 Å². The van der Waals surface area contributed by atoms with Crippen molar-refractivity contribution in [2.75, 3.05) is 13.6 Å². The average molecular weight is 290 g/mol. The Morgan fingerprint density at radius 3 is 1.95 bits per heavy atom. The molecule has 0 spiro atoms. The largest absolute Gasteiger partial charge is 0.298 e. The monoisotopic (exact) mass is 289 g/mol. The molecule has 2 aromatic carbocycles. The van der Waals surface area contributed by atoms with Gasteiger partial charge in [-0.1, -0.05) is 60.7 Å². The molecule has 0 aliphatic heterocycles. The zero-order chi connectivity index (χ0) is 13.5. The van der Waals surface area contributed by atoms with Gasteiger partial charge in [0.1, 0.15) is 0 Å². The van der Waals surface area contributed by atoms with E-state index in [4.69, 9.17) is 0 Å². The van der Waals surface area contributed by atoms with E-state index in [2.05, 4.69) is 17.0 Å². The van der Waals surface area contributed by atoms with Crippen molar-refractivity contribution in [3.63, 3.8) is 0 Å². The molecule has 0 radical (unpaired) electrons. The third kappa shape index (κ3) is 5.55. The molecule has 0 aliphatic carbocycles. The zero-order valence-electron chi connectivity index (χ0n) is 11.7. The van der Waals surface area contributed by atoms with Crippen LogP contribution in [0.15, 0.2) is 60.7 Å². The van der Waals surface area contributed by atoms with E-state index < -0.39 is 0 Å². The first-order valence-electron chi connectivity index (χ1n) is 6.52. The lowest BCUT2D eigenvalue weighted by Crippen LogP contribution is -2.26. The van der Waals surface area contributed by atoms with Crippen LogP contribution >= 0.6 is 12.4 Å². The van der Waals surface area contributed by atoms with E-state index >= 15 is 0 Å². The van der Waals surface area contributed by atoms with Crippen molar-refractivity contribution in [3.05, 3.63) is 71.8 Å². The Bertz CT molecular complexity index is 513. The molecule has 0 saturated carbocycles. The smallest absolute Gasteiger partial charge is 0.151 e. The lowest BCUT2D eigenvalue weighted by Gasteiger charge is -2.15. The van der Waals surface area contributed by atoms with Crippen LogP contribution in [0.1, 0.15) is 11.1 Å². The maximum absolute atomic E-state index is 12.0.